The van der Waals surface area contributed by atoms with Crippen LogP contribution in [0, 0.1) is 5.92 Å². The fourth-order valence-corrected chi connectivity index (χ4v) is 1.49. The van der Waals surface area contributed by atoms with Gasteiger partial charge in [0.1, 0.15) is 5.69 Å². The summed E-state index contributed by atoms with van der Waals surface area (Å²) in [6, 6.07) is 1.27. The van der Waals surface area contributed by atoms with Crippen molar-refractivity contribution in [1.82, 2.24) is 4.98 Å². The van der Waals surface area contributed by atoms with E-state index in [0.29, 0.717) is 6.42 Å². The number of nitrogens with zero attached hydrogens (tertiary/aromatic N) is 1. The first-order chi connectivity index (χ1) is 8.70. The van der Waals surface area contributed by atoms with Crippen molar-refractivity contribution < 1.29 is 18.0 Å². The van der Waals surface area contributed by atoms with Gasteiger partial charge >= 0.3 is 6.18 Å². The van der Waals surface area contributed by atoms with Gasteiger partial charge in [0.25, 0.3) is 0 Å². The van der Waals surface area contributed by atoms with Gasteiger partial charge in [0, 0.05) is 0 Å². The Morgan fingerprint density at radius 3 is 2.47 bits per heavy atom. The van der Waals surface area contributed by atoms with Crippen molar-refractivity contribution in [2.75, 3.05) is 5.32 Å². The first-order valence-electron chi connectivity index (χ1n) is 5.80. The smallest absolute Gasteiger partial charge is 0.323 e. The summed E-state index contributed by atoms with van der Waals surface area (Å²) in [6.07, 6.45) is -3.03. The van der Waals surface area contributed by atoms with Crippen LogP contribution in [-0.2, 0) is 11.0 Å². The maximum absolute atomic E-state index is 12.3. The number of hydrogen-bond donors (Lipinski definition) is 2. The minimum absolute atomic E-state index is 0.192. The summed E-state index contributed by atoms with van der Waals surface area (Å²) < 4.78 is 36.9. The SMILES string of the molecule is CC(C)CC(N)C(=O)Nc1ccc(C(F)(F)F)nc1. The molecule has 0 radical (unpaired) electrons. The maximum atomic E-state index is 12.3. The van der Waals surface area contributed by atoms with Crippen LogP contribution >= 0.6 is 0 Å². The Hall–Kier alpha value is -1.63. The highest BCUT2D eigenvalue weighted by molar-refractivity contribution is 5.94. The van der Waals surface area contributed by atoms with Gasteiger partial charge in [-0.25, -0.2) is 4.98 Å². The van der Waals surface area contributed by atoms with E-state index in [-0.39, 0.29) is 11.6 Å². The van der Waals surface area contributed by atoms with Gasteiger partial charge in [-0.1, -0.05) is 13.8 Å². The molecule has 0 fully saturated rings. The minimum atomic E-state index is -4.49. The molecule has 1 atom stereocenters. The molecule has 0 aliphatic carbocycles. The van der Waals surface area contributed by atoms with E-state index in [9.17, 15) is 18.0 Å². The zero-order valence-electron chi connectivity index (χ0n) is 10.7. The third-order valence-corrected chi connectivity index (χ3v) is 2.38. The quantitative estimate of drug-likeness (QED) is 0.886. The summed E-state index contributed by atoms with van der Waals surface area (Å²) in [6.45, 7) is 3.85. The Labute approximate surface area is 109 Å². The number of rotatable bonds is 4. The van der Waals surface area contributed by atoms with Crippen LogP contribution in [0.2, 0.25) is 0 Å². The van der Waals surface area contributed by atoms with Crippen molar-refractivity contribution >= 4 is 11.6 Å². The Bertz CT molecular complexity index is 429. The van der Waals surface area contributed by atoms with Crippen LogP contribution < -0.4 is 11.1 Å². The lowest BCUT2D eigenvalue weighted by atomic mass is 10.0. The molecule has 106 valence electrons. The lowest BCUT2D eigenvalue weighted by Gasteiger charge is -2.14. The number of carbonyl (C=O) groups is 1. The Balaban J connectivity index is 2.66. The van der Waals surface area contributed by atoms with Crippen LogP contribution in [0.4, 0.5) is 18.9 Å². The van der Waals surface area contributed by atoms with Gasteiger partial charge in [-0.2, -0.15) is 13.2 Å². The molecule has 3 N–H and O–H groups in total. The summed E-state index contributed by atoms with van der Waals surface area (Å²) in [5.74, 6) is -0.179. The highest BCUT2D eigenvalue weighted by atomic mass is 19.4. The molecule has 1 heterocycles. The standard InChI is InChI=1S/C12H16F3N3O/c1-7(2)5-9(16)11(19)18-8-3-4-10(17-6-8)12(13,14)15/h3-4,6-7,9H,5,16H2,1-2H3,(H,18,19). The molecule has 0 aliphatic rings. The molecular weight excluding hydrogens is 259 g/mol. The molecular formula is C12H16F3N3O. The monoisotopic (exact) mass is 275 g/mol. The molecule has 1 aromatic rings. The third kappa shape index (κ3) is 4.86. The second kappa shape index (κ2) is 6.01. The van der Waals surface area contributed by atoms with E-state index >= 15 is 0 Å². The zero-order valence-corrected chi connectivity index (χ0v) is 10.7. The number of halogens is 3. The van der Waals surface area contributed by atoms with Gasteiger partial charge in [-0.3, -0.25) is 4.79 Å². The molecule has 0 saturated heterocycles. The molecule has 0 aliphatic heterocycles. The average Bonchev–Trinajstić information content (AvgIpc) is 2.27. The molecule has 1 aromatic heterocycles. The van der Waals surface area contributed by atoms with Gasteiger partial charge < -0.3 is 11.1 Å². The largest absolute Gasteiger partial charge is 0.433 e. The van der Waals surface area contributed by atoms with Crippen LogP contribution in [0.25, 0.3) is 0 Å². The number of alkyl halides is 3. The van der Waals surface area contributed by atoms with Crippen molar-refractivity contribution in [3.05, 3.63) is 24.0 Å². The number of aromatic nitrogens is 1. The Kier molecular flexibility index (Phi) is 4.88. The molecule has 7 heteroatoms. The van der Waals surface area contributed by atoms with E-state index in [2.05, 4.69) is 10.3 Å². The maximum Gasteiger partial charge on any atom is 0.433 e. The minimum Gasteiger partial charge on any atom is -0.323 e. The Morgan fingerprint density at radius 2 is 2.05 bits per heavy atom. The summed E-state index contributed by atoms with van der Waals surface area (Å²) in [5.41, 5.74) is 4.84. The number of nitrogens with two attached hydrogens (primary N) is 1. The number of hydrogen-bond acceptors (Lipinski definition) is 3. The molecule has 1 rings (SSSR count). The van der Waals surface area contributed by atoms with E-state index in [1.165, 1.54) is 0 Å². The van der Waals surface area contributed by atoms with Crippen molar-refractivity contribution in [1.29, 1.82) is 0 Å². The number of nitrogens with one attached hydrogen (secondary N) is 1. The first kappa shape index (κ1) is 15.4. The second-order valence-electron chi connectivity index (χ2n) is 4.66. The highest BCUT2D eigenvalue weighted by Gasteiger charge is 2.32. The van der Waals surface area contributed by atoms with E-state index in [4.69, 9.17) is 5.73 Å². The van der Waals surface area contributed by atoms with E-state index in [1.807, 2.05) is 13.8 Å². The van der Waals surface area contributed by atoms with E-state index < -0.39 is 23.8 Å². The fourth-order valence-electron chi connectivity index (χ4n) is 1.49. The summed E-state index contributed by atoms with van der Waals surface area (Å²) in [7, 11) is 0. The van der Waals surface area contributed by atoms with Crippen molar-refractivity contribution in [2.24, 2.45) is 11.7 Å². The van der Waals surface area contributed by atoms with Gasteiger partial charge in [-0.05, 0) is 24.5 Å². The summed E-state index contributed by atoms with van der Waals surface area (Å²) in [4.78, 5) is 14.9. The summed E-state index contributed by atoms with van der Waals surface area (Å²) >= 11 is 0. The third-order valence-electron chi connectivity index (χ3n) is 2.38. The number of pyridine rings is 1. The molecule has 0 aromatic carbocycles. The van der Waals surface area contributed by atoms with Crippen molar-refractivity contribution in [2.45, 2.75) is 32.5 Å². The van der Waals surface area contributed by atoms with Gasteiger partial charge in [0.2, 0.25) is 5.91 Å². The fraction of sp³-hybridized carbons (Fsp3) is 0.500. The van der Waals surface area contributed by atoms with Gasteiger partial charge in [0.05, 0.1) is 17.9 Å². The molecule has 0 saturated carbocycles. The van der Waals surface area contributed by atoms with Crippen molar-refractivity contribution in [3.63, 3.8) is 0 Å². The number of amides is 1. The van der Waals surface area contributed by atoms with E-state index in [0.717, 1.165) is 18.3 Å². The first-order valence-corrected chi connectivity index (χ1v) is 5.80. The van der Waals surface area contributed by atoms with Crippen LogP contribution in [0.3, 0.4) is 0 Å². The van der Waals surface area contributed by atoms with Gasteiger partial charge in [-0.15, -0.1) is 0 Å². The predicted octanol–water partition coefficient (Wildman–Crippen LogP) is 2.41. The number of anilines is 1. The molecule has 1 amide bonds. The molecule has 19 heavy (non-hydrogen) atoms. The Morgan fingerprint density at radius 1 is 1.42 bits per heavy atom. The summed E-state index contributed by atoms with van der Waals surface area (Å²) in [5, 5.41) is 2.43. The highest BCUT2D eigenvalue weighted by Crippen LogP contribution is 2.27. The zero-order chi connectivity index (χ0) is 14.6. The van der Waals surface area contributed by atoms with Crippen LogP contribution in [0.15, 0.2) is 18.3 Å². The molecule has 0 bridgehead atoms. The van der Waals surface area contributed by atoms with Gasteiger partial charge in [0.15, 0.2) is 0 Å². The number of carbonyl (C=O) groups excluding carboxylic acids is 1. The second-order valence-corrected chi connectivity index (χ2v) is 4.66. The molecule has 1 unspecified atom stereocenters. The lowest BCUT2D eigenvalue weighted by molar-refractivity contribution is -0.141. The molecule has 0 spiro atoms. The van der Waals surface area contributed by atoms with Crippen LogP contribution in [-0.4, -0.2) is 16.9 Å². The normalized spacial score (nSPS) is 13.4. The van der Waals surface area contributed by atoms with Crippen LogP contribution in [0.5, 0.6) is 0 Å². The predicted molar refractivity (Wildman–Crippen MR) is 65.3 cm³/mol. The van der Waals surface area contributed by atoms with Crippen molar-refractivity contribution in [3.8, 4) is 0 Å². The molecule has 4 nitrogen and oxygen atoms in total. The lowest BCUT2D eigenvalue weighted by Crippen LogP contribution is -2.36. The average molecular weight is 275 g/mol. The van der Waals surface area contributed by atoms with Crippen LogP contribution in [0.1, 0.15) is 26.0 Å². The van der Waals surface area contributed by atoms with E-state index in [1.54, 1.807) is 0 Å². The topological polar surface area (TPSA) is 68.0 Å².